The second-order valence-electron chi connectivity index (χ2n) is 9.06. The molecule has 0 bridgehead atoms. The number of unbranched alkanes of at least 4 members (excludes halogenated alkanes) is 1. The number of carbonyl (C=O) groups is 1. The summed E-state index contributed by atoms with van der Waals surface area (Å²) in [6.45, 7) is 3.59. The van der Waals surface area contributed by atoms with Crippen molar-refractivity contribution in [2.75, 3.05) is 6.54 Å². The zero-order chi connectivity index (χ0) is 21.8. The highest BCUT2D eigenvalue weighted by atomic mass is 19.1. The molecule has 1 N–H and O–H groups in total. The number of carbonyl (C=O) groups excluding carboxylic acids is 1. The van der Waals surface area contributed by atoms with Gasteiger partial charge in [-0.25, -0.2) is 4.39 Å². The molecule has 1 fully saturated rings. The van der Waals surface area contributed by atoms with Gasteiger partial charge in [0.15, 0.2) is 0 Å². The first kappa shape index (κ1) is 21.7. The summed E-state index contributed by atoms with van der Waals surface area (Å²) >= 11 is 0. The Kier molecular flexibility index (Phi) is 6.79. The molecule has 1 unspecified atom stereocenters. The van der Waals surface area contributed by atoms with E-state index in [1.165, 1.54) is 12.1 Å². The molecule has 1 heterocycles. The summed E-state index contributed by atoms with van der Waals surface area (Å²) < 4.78 is 19.8. The first-order valence-electron chi connectivity index (χ1n) is 11.6. The maximum absolute atomic E-state index is 13.6. The molecular formula is C26H32FNO3. The van der Waals surface area contributed by atoms with Crippen molar-refractivity contribution in [3.05, 3.63) is 59.4 Å². The van der Waals surface area contributed by atoms with E-state index in [1.807, 2.05) is 17.0 Å². The third-order valence-corrected chi connectivity index (χ3v) is 6.79. The molecule has 5 heteroatoms. The third kappa shape index (κ3) is 5.20. The molecule has 0 saturated heterocycles. The average Bonchev–Trinajstić information content (AvgIpc) is 3.06. The van der Waals surface area contributed by atoms with Crippen LogP contribution in [0.4, 0.5) is 4.39 Å². The lowest BCUT2D eigenvalue weighted by molar-refractivity contribution is 0.0640. The number of phenols is 1. The Labute approximate surface area is 184 Å². The third-order valence-electron chi connectivity index (χ3n) is 6.79. The second-order valence-corrected chi connectivity index (χ2v) is 9.06. The van der Waals surface area contributed by atoms with E-state index in [1.54, 1.807) is 18.2 Å². The predicted molar refractivity (Wildman–Crippen MR) is 119 cm³/mol. The van der Waals surface area contributed by atoms with E-state index >= 15 is 0 Å². The SMILES string of the molecule is CCCCC(Oc1cccc(F)c1)[C@H]1CC[C@H](CN2Cc3ccc(O)cc3C2=O)CC1. The van der Waals surface area contributed by atoms with Gasteiger partial charge in [0.2, 0.25) is 0 Å². The first-order valence-corrected chi connectivity index (χ1v) is 11.6. The van der Waals surface area contributed by atoms with Crippen molar-refractivity contribution >= 4 is 5.91 Å². The second kappa shape index (κ2) is 9.71. The van der Waals surface area contributed by atoms with Crippen LogP contribution in [0.3, 0.4) is 0 Å². The smallest absolute Gasteiger partial charge is 0.254 e. The zero-order valence-electron chi connectivity index (χ0n) is 18.2. The van der Waals surface area contributed by atoms with Gasteiger partial charge in [0, 0.05) is 24.7 Å². The van der Waals surface area contributed by atoms with Gasteiger partial charge in [-0.15, -0.1) is 0 Å². The number of hydrogen-bond acceptors (Lipinski definition) is 3. The predicted octanol–water partition coefficient (Wildman–Crippen LogP) is 5.93. The molecule has 4 nitrogen and oxygen atoms in total. The number of nitrogens with zero attached hydrogens (tertiary/aromatic N) is 1. The van der Waals surface area contributed by atoms with Gasteiger partial charge < -0.3 is 14.7 Å². The summed E-state index contributed by atoms with van der Waals surface area (Å²) in [6.07, 6.45) is 7.62. The van der Waals surface area contributed by atoms with Crippen molar-refractivity contribution in [2.24, 2.45) is 11.8 Å². The molecule has 1 aliphatic carbocycles. The number of ether oxygens (including phenoxy) is 1. The fourth-order valence-electron chi connectivity index (χ4n) is 5.06. The van der Waals surface area contributed by atoms with Crippen LogP contribution < -0.4 is 4.74 Å². The topological polar surface area (TPSA) is 49.8 Å². The number of hydrogen-bond donors (Lipinski definition) is 1. The highest BCUT2D eigenvalue weighted by molar-refractivity contribution is 5.98. The summed E-state index contributed by atoms with van der Waals surface area (Å²) in [6, 6.07) is 11.5. The minimum absolute atomic E-state index is 0.0308. The van der Waals surface area contributed by atoms with Crippen LogP contribution in [-0.2, 0) is 6.54 Å². The Hall–Kier alpha value is -2.56. The Morgan fingerprint density at radius 1 is 1.16 bits per heavy atom. The maximum atomic E-state index is 13.6. The molecule has 1 atom stereocenters. The minimum atomic E-state index is -0.264. The number of benzene rings is 2. The summed E-state index contributed by atoms with van der Waals surface area (Å²) in [5.74, 6) is 1.49. The van der Waals surface area contributed by atoms with Gasteiger partial charge in [-0.3, -0.25) is 4.79 Å². The molecule has 1 saturated carbocycles. The number of fused-ring (bicyclic) bond motifs is 1. The van der Waals surface area contributed by atoms with E-state index in [9.17, 15) is 14.3 Å². The van der Waals surface area contributed by atoms with Crippen LogP contribution in [0.2, 0.25) is 0 Å². The van der Waals surface area contributed by atoms with Crippen LogP contribution in [0.1, 0.15) is 67.8 Å². The minimum Gasteiger partial charge on any atom is -0.508 e. The number of aromatic hydroxyl groups is 1. The van der Waals surface area contributed by atoms with Crippen molar-refractivity contribution < 1.29 is 19.0 Å². The number of halogens is 1. The van der Waals surface area contributed by atoms with Crippen molar-refractivity contribution in [1.82, 2.24) is 4.90 Å². The van der Waals surface area contributed by atoms with Crippen LogP contribution >= 0.6 is 0 Å². The van der Waals surface area contributed by atoms with Gasteiger partial charge >= 0.3 is 0 Å². The lowest BCUT2D eigenvalue weighted by Crippen LogP contribution is -2.35. The van der Waals surface area contributed by atoms with E-state index in [-0.39, 0.29) is 23.6 Å². The Morgan fingerprint density at radius 3 is 2.71 bits per heavy atom. The van der Waals surface area contributed by atoms with E-state index in [0.717, 1.165) is 57.1 Å². The lowest BCUT2D eigenvalue weighted by atomic mass is 9.78. The summed E-state index contributed by atoms with van der Waals surface area (Å²) in [7, 11) is 0. The zero-order valence-corrected chi connectivity index (χ0v) is 18.2. The fourth-order valence-corrected chi connectivity index (χ4v) is 5.06. The van der Waals surface area contributed by atoms with E-state index in [4.69, 9.17) is 4.74 Å². The largest absolute Gasteiger partial charge is 0.508 e. The Balaban J connectivity index is 1.33. The van der Waals surface area contributed by atoms with Crippen molar-refractivity contribution in [3.63, 3.8) is 0 Å². The van der Waals surface area contributed by atoms with Crippen molar-refractivity contribution in [2.45, 2.75) is 64.5 Å². The number of phenolic OH excluding ortho intramolecular Hbond substituents is 1. The van der Waals surface area contributed by atoms with Crippen molar-refractivity contribution in [3.8, 4) is 11.5 Å². The lowest BCUT2D eigenvalue weighted by Gasteiger charge is -2.35. The molecule has 1 amide bonds. The molecule has 166 valence electrons. The standard InChI is InChI=1S/C26H32FNO3/c1-2-3-7-25(31-23-6-4-5-21(27)14-23)19-10-8-18(9-11-19)16-28-17-20-12-13-22(29)15-24(20)26(28)30/h4-6,12-15,18-19,25,29H,2-3,7-11,16-17H2,1H3/t18-,19-,25?. The van der Waals surface area contributed by atoms with Crippen LogP contribution in [0.25, 0.3) is 0 Å². The maximum Gasteiger partial charge on any atom is 0.254 e. The van der Waals surface area contributed by atoms with Gasteiger partial charge in [0.25, 0.3) is 5.91 Å². The quantitative estimate of drug-likeness (QED) is 0.570. The average molecular weight is 426 g/mol. The summed E-state index contributed by atoms with van der Waals surface area (Å²) in [5, 5.41) is 9.68. The van der Waals surface area contributed by atoms with Gasteiger partial charge in [0.1, 0.15) is 23.4 Å². The van der Waals surface area contributed by atoms with Crippen LogP contribution in [-0.4, -0.2) is 28.6 Å². The molecule has 1 aliphatic heterocycles. The normalized spacial score (nSPS) is 21.7. The number of amides is 1. The van der Waals surface area contributed by atoms with Crippen LogP contribution in [0.5, 0.6) is 11.5 Å². The van der Waals surface area contributed by atoms with E-state index in [2.05, 4.69) is 6.92 Å². The molecule has 31 heavy (non-hydrogen) atoms. The molecular weight excluding hydrogens is 393 g/mol. The molecule has 0 aromatic heterocycles. The summed E-state index contributed by atoms with van der Waals surface area (Å²) in [5.41, 5.74) is 1.64. The van der Waals surface area contributed by atoms with Crippen LogP contribution in [0.15, 0.2) is 42.5 Å². The highest BCUT2D eigenvalue weighted by Crippen LogP contribution is 2.36. The van der Waals surface area contributed by atoms with E-state index in [0.29, 0.717) is 29.7 Å². The monoisotopic (exact) mass is 425 g/mol. The summed E-state index contributed by atoms with van der Waals surface area (Å²) in [4.78, 5) is 14.6. The van der Waals surface area contributed by atoms with Crippen LogP contribution in [0, 0.1) is 17.7 Å². The number of rotatable bonds is 8. The van der Waals surface area contributed by atoms with Gasteiger partial charge in [0.05, 0.1) is 0 Å². The molecule has 0 spiro atoms. The first-order chi connectivity index (χ1) is 15.0. The Bertz CT molecular complexity index is 907. The van der Waals surface area contributed by atoms with Gasteiger partial charge in [-0.05, 0) is 73.8 Å². The van der Waals surface area contributed by atoms with Gasteiger partial charge in [-0.1, -0.05) is 31.9 Å². The molecule has 4 rings (SSSR count). The highest BCUT2D eigenvalue weighted by Gasteiger charge is 2.33. The van der Waals surface area contributed by atoms with Gasteiger partial charge in [-0.2, -0.15) is 0 Å². The molecule has 2 aromatic carbocycles. The van der Waals surface area contributed by atoms with Crippen molar-refractivity contribution in [1.29, 1.82) is 0 Å². The molecule has 2 aromatic rings. The molecule has 2 aliphatic rings. The Morgan fingerprint density at radius 2 is 1.97 bits per heavy atom. The fraction of sp³-hybridized carbons (Fsp3) is 0.500. The van der Waals surface area contributed by atoms with E-state index < -0.39 is 0 Å². The molecule has 0 radical (unpaired) electrons.